The monoisotopic (exact) mass is 648 g/mol. The molecule has 0 unspecified atom stereocenters. The fraction of sp³-hybridized carbons (Fsp3) is 0.526. The van der Waals surface area contributed by atoms with E-state index in [9.17, 15) is 26.3 Å². The number of benzene rings is 3. The minimum absolute atomic E-state index is 0.0299. The Bertz CT molecular complexity index is 1440. The van der Waals surface area contributed by atoms with Gasteiger partial charge >= 0.3 is 6.11 Å². The fourth-order valence-corrected chi connectivity index (χ4v) is 7.76. The molecule has 1 nitrogen and oxygen atoms in total. The third-order valence-electron chi connectivity index (χ3n) is 10.4. The molecule has 0 radical (unpaired) electrons. The van der Waals surface area contributed by atoms with E-state index in [0.717, 1.165) is 43.1 Å². The average molecular weight is 649 g/mol. The van der Waals surface area contributed by atoms with Gasteiger partial charge in [-0.2, -0.15) is 8.78 Å². The summed E-state index contributed by atoms with van der Waals surface area (Å²) >= 11 is 0. The van der Waals surface area contributed by atoms with Crippen LogP contribution in [0.3, 0.4) is 0 Å². The zero-order valence-electron chi connectivity index (χ0n) is 26.6. The molecule has 250 valence electrons. The molecule has 0 aliphatic heterocycles. The number of rotatable bonds is 11. The van der Waals surface area contributed by atoms with E-state index in [1.807, 2.05) is 0 Å². The van der Waals surface area contributed by atoms with Crippen molar-refractivity contribution in [2.45, 2.75) is 109 Å². The molecule has 0 amide bonds. The van der Waals surface area contributed by atoms with Gasteiger partial charge in [-0.1, -0.05) is 64.5 Å². The average Bonchev–Trinajstić information content (AvgIpc) is 3.01. The molecule has 8 heteroatoms. The Labute approximate surface area is 267 Å². The van der Waals surface area contributed by atoms with E-state index >= 15 is 4.39 Å². The second-order valence-corrected chi connectivity index (χ2v) is 13.3. The summed E-state index contributed by atoms with van der Waals surface area (Å²) in [5, 5.41) is 0. The lowest BCUT2D eigenvalue weighted by Crippen LogP contribution is -2.25. The first-order valence-corrected chi connectivity index (χ1v) is 16.8. The standard InChI is InChI=1S/C38H43F7O/c1-3-5-6-7-23-8-10-24(11-9-23)25-12-14-26(15-13-25)27-16-17-31(32(39)18-27)28-19-35(42)37(36(43)20-28)38(44,45)46-29-21-33(40)30(4-2)34(41)22-29/h16-26H,3-15H2,1-2H3. The molecule has 2 aliphatic rings. The van der Waals surface area contributed by atoms with E-state index < -0.39 is 46.5 Å². The van der Waals surface area contributed by atoms with Gasteiger partial charge in [-0.25, -0.2) is 22.0 Å². The molecule has 0 bridgehead atoms. The van der Waals surface area contributed by atoms with Crippen LogP contribution in [-0.2, 0) is 12.5 Å². The minimum Gasteiger partial charge on any atom is -0.429 e. The SMILES string of the molecule is CCCCCC1CCC(C2CCC(c3ccc(-c4cc(F)c(C(F)(F)Oc5cc(F)c(CC)c(F)c5)c(F)c4)c(F)c3)CC2)CC1. The summed E-state index contributed by atoms with van der Waals surface area (Å²) < 4.78 is 108. The number of alkyl halides is 2. The summed E-state index contributed by atoms with van der Waals surface area (Å²) in [4.78, 5) is 0. The summed E-state index contributed by atoms with van der Waals surface area (Å²) in [5.41, 5.74) is -1.62. The Morgan fingerprint density at radius 2 is 1.26 bits per heavy atom. The molecule has 0 N–H and O–H groups in total. The van der Waals surface area contributed by atoms with Crippen molar-refractivity contribution in [3.63, 3.8) is 0 Å². The predicted octanol–water partition coefficient (Wildman–Crippen LogP) is 12.4. The molecule has 5 rings (SSSR count). The van der Waals surface area contributed by atoms with Crippen LogP contribution in [0.4, 0.5) is 30.7 Å². The Morgan fingerprint density at radius 1 is 0.674 bits per heavy atom. The smallest absolute Gasteiger partial charge is 0.429 e. The van der Waals surface area contributed by atoms with Crippen molar-refractivity contribution in [1.29, 1.82) is 0 Å². The Balaban J connectivity index is 1.22. The number of hydrogen-bond acceptors (Lipinski definition) is 1. The molecule has 3 aromatic carbocycles. The van der Waals surface area contributed by atoms with E-state index in [1.165, 1.54) is 70.4 Å². The van der Waals surface area contributed by atoms with Crippen LogP contribution >= 0.6 is 0 Å². The summed E-state index contributed by atoms with van der Waals surface area (Å²) in [6.45, 7) is 3.72. The van der Waals surface area contributed by atoms with Crippen LogP contribution in [-0.4, -0.2) is 0 Å². The van der Waals surface area contributed by atoms with E-state index in [4.69, 9.17) is 0 Å². The first-order chi connectivity index (χ1) is 22.0. The summed E-state index contributed by atoms with van der Waals surface area (Å²) in [5.74, 6) is -4.67. The van der Waals surface area contributed by atoms with Gasteiger partial charge in [0.25, 0.3) is 0 Å². The van der Waals surface area contributed by atoms with Crippen molar-refractivity contribution < 1.29 is 35.5 Å². The van der Waals surface area contributed by atoms with Crippen molar-refractivity contribution >= 4 is 0 Å². The van der Waals surface area contributed by atoms with Gasteiger partial charge in [0.15, 0.2) is 0 Å². The van der Waals surface area contributed by atoms with Crippen molar-refractivity contribution in [1.82, 2.24) is 0 Å². The van der Waals surface area contributed by atoms with E-state index in [1.54, 1.807) is 6.07 Å². The fourth-order valence-electron chi connectivity index (χ4n) is 7.76. The maximum Gasteiger partial charge on any atom is 0.432 e. The lowest BCUT2D eigenvalue weighted by atomic mass is 9.68. The predicted molar refractivity (Wildman–Crippen MR) is 166 cm³/mol. The van der Waals surface area contributed by atoms with Gasteiger partial charge in [-0.05, 0) is 97.9 Å². The topological polar surface area (TPSA) is 9.23 Å². The van der Waals surface area contributed by atoms with Crippen molar-refractivity contribution in [3.8, 4) is 16.9 Å². The van der Waals surface area contributed by atoms with Crippen molar-refractivity contribution in [2.75, 3.05) is 0 Å². The third-order valence-corrected chi connectivity index (χ3v) is 10.4. The molecule has 2 aliphatic carbocycles. The number of hydrogen-bond donors (Lipinski definition) is 0. The van der Waals surface area contributed by atoms with Gasteiger partial charge in [0.2, 0.25) is 0 Å². The first-order valence-electron chi connectivity index (χ1n) is 16.8. The maximum absolute atomic E-state index is 15.3. The lowest BCUT2D eigenvalue weighted by Gasteiger charge is -2.38. The molecule has 0 atom stereocenters. The van der Waals surface area contributed by atoms with Gasteiger partial charge in [0.05, 0.1) is 0 Å². The molecular weight excluding hydrogens is 605 g/mol. The van der Waals surface area contributed by atoms with E-state index in [2.05, 4.69) is 11.7 Å². The zero-order valence-corrected chi connectivity index (χ0v) is 26.6. The van der Waals surface area contributed by atoms with Gasteiger partial charge in [0.1, 0.15) is 40.4 Å². The second kappa shape index (κ2) is 14.8. The highest BCUT2D eigenvalue weighted by atomic mass is 19.3. The largest absolute Gasteiger partial charge is 0.432 e. The van der Waals surface area contributed by atoms with Crippen LogP contribution in [0, 0.1) is 46.8 Å². The molecule has 0 saturated heterocycles. The molecule has 0 aromatic heterocycles. The third kappa shape index (κ3) is 7.74. The normalized spacial score (nSPS) is 22.2. The number of halogens is 7. The number of unbranched alkanes of at least 4 members (excludes halogenated alkanes) is 2. The molecule has 0 spiro atoms. The molecule has 3 aromatic rings. The van der Waals surface area contributed by atoms with Crippen LogP contribution in [0.1, 0.15) is 114 Å². The van der Waals surface area contributed by atoms with Crippen molar-refractivity contribution in [2.24, 2.45) is 17.8 Å². The van der Waals surface area contributed by atoms with Crippen LogP contribution in [0.25, 0.3) is 11.1 Å². The van der Waals surface area contributed by atoms with Gasteiger partial charge in [0, 0.05) is 23.3 Å². The van der Waals surface area contributed by atoms with E-state index in [-0.39, 0.29) is 29.0 Å². The molecule has 2 fully saturated rings. The summed E-state index contributed by atoms with van der Waals surface area (Å²) in [6, 6.07) is 6.84. The highest BCUT2D eigenvalue weighted by Crippen LogP contribution is 2.45. The highest BCUT2D eigenvalue weighted by Gasteiger charge is 2.42. The Hall–Kier alpha value is -3.03. The first kappa shape index (κ1) is 34.3. The zero-order chi connectivity index (χ0) is 33.0. The van der Waals surface area contributed by atoms with Crippen LogP contribution < -0.4 is 4.74 Å². The summed E-state index contributed by atoms with van der Waals surface area (Å²) in [6.07, 6.45) is 10.1. The Kier molecular flexibility index (Phi) is 11.0. The molecule has 0 heterocycles. The number of ether oxygens (including phenoxy) is 1. The van der Waals surface area contributed by atoms with Crippen LogP contribution in [0.2, 0.25) is 0 Å². The molecular formula is C38H43F7O. The second-order valence-electron chi connectivity index (χ2n) is 13.3. The quantitative estimate of drug-likeness (QED) is 0.149. The van der Waals surface area contributed by atoms with Gasteiger partial charge < -0.3 is 4.74 Å². The molecule has 2 saturated carbocycles. The van der Waals surface area contributed by atoms with Crippen LogP contribution in [0.5, 0.6) is 5.75 Å². The van der Waals surface area contributed by atoms with E-state index in [0.29, 0.717) is 30.2 Å². The van der Waals surface area contributed by atoms with Crippen LogP contribution in [0.15, 0.2) is 42.5 Å². The van der Waals surface area contributed by atoms with Gasteiger partial charge in [-0.3, -0.25) is 0 Å². The van der Waals surface area contributed by atoms with Gasteiger partial charge in [-0.15, -0.1) is 0 Å². The lowest BCUT2D eigenvalue weighted by molar-refractivity contribution is -0.189. The summed E-state index contributed by atoms with van der Waals surface area (Å²) in [7, 11) is 0. The maximum atomic E-state index is 15.3. The molecule has 46 heavy (non-hydrogen) atoms. The minimum atomic E-state index is -4.60. The van der Waals surface area contributed by atoms with Crippen molar-refractivity contribution in [3.05, 3.63) is 88.2 Å². The highest BCUT2D eigenvalue weighted by molar-refractivity contribution is 5.65. The Morgan fingerprint density at radius 3 is 1.80 bits per heavy atom.